The molecule has 7 heteroatoms. The van der Waals surface area contributed by atoms with Crippen molar-refractivity contribution in [2.45, 2.75) is 19.3 Å². The van der Waals surface area contributed by atoms with Crippen LogP contribution in [0.2, 0.25) is 0 Å². The van der Waals surface area contributed by atoms with Crippen molar-refractivity contribution in [3.63, 3.8) is 0 Å². The van der Waals surface area contributed by atoms with Gasteiger partial charge >= 0.3 is 0 Å². The van der Waals surface area contributed by atoms with Crippen LogP contribution < -0.4 is 11.5 Å². The van der Waals surface area contributed by atoms with Gasteiger partial charge in [0.1, 0.15) is 5.82 Å². The maximum atomic E-state index is 12.6. The third-order valence-electron chi connectivity index (χ3n) is 3.55. The molecule has 1 unspecified atom stereocenters. The van der Waals surface area contributed by atoms with E-state index in [1.165, 1.54) is 6.20 Å². The number of carbonyl (C=O) groups excluding carboxylic acids is 2. The van der Waals surface area contributed by atoms with Gasteiger partial charge in [0.2, 0.25) is 0 Å². The molecule has 0 amide bonds. The highest BCUT2D eigenvalue weighted by molar-refractivity contribution is 7.17. The largest absolute Gasteiger partial charge is 0.384 e. The fourth-order valence-electron chi connectivity index (χ4n) is 2.50. The van der Waals surface area contributed by atoms with Gasteiger partial charge in [-0.3, -0.25) is 9.59 Å². The fourth-order valence-corrected chi connectivity index (χ4v) is 3.37. The Morgan fingerprint density at radius 1 is 1.33 bits per heavy atom. The average Bonchev–Trinajstić information content (AvgIpc) is 2.77. The first-order valence-corrected chi connectivity index (χ1v) is 7.43. The van der Waals surface area contributed by atoms with Crippen molar-refractivity contribution in [1.82, 2.24) is 9.97 Å². The van der Waals surface area contributed by atoms with Gasteiger partial charge in [0.25, 0.3) is 0 Å². The van der Waals surface area contributed by atoms with Crippen LogP contribution in [0, 0.1) is 5.92 Å². The first-order valence-electron chi connectivity index (χ1n) is 6.61. The average molecular weight is 302 g/mol. The molecular formula is C14H14N4O2S. The molecule has 0 fully saturated rings. The van der Waals surface area contributed by atoms with Crippen LogP contribution in [-0.4, -0.2) is 21.5 Å². The number of thiazole rings is 1. The van der Waals surface area contributed by atoms with Crippen molar-refractivity contribution in [2.75, 3.05) is 11.5 Å². The van der Waals surface area contributed by atoms with Gasteiger partial charge < -0.3 is 11.5 Å². The second-order valence-corrected chi connectivity index (χ2v) is 6.00. The van der Waals surface area contributed by atoms with Crippen molar-refractivity contribution in [1.29, 1.82) is 0 Å². The standard InChI is InChI=1S/C14H14N4O2S/c15-10-5-4-7(6-17-10)11(19)8-2-1-3-9-13(12(8)20)21-14(16)18-9/h4-6,8H,1-3H2,(H2,15,17)(H2,16,18). The number of aromatic nitrogens is 2. The lowest BCUT2D eigenvalue weighted by Crippen LogP contribution is -2.23. The molecule has 21 heavy (non-hydrogen) atoms. The van der Waals surface area contributed by atoms with Crippen molar-refractivity contribution in [3.8, 4) is 0 Å². The van der Waals surface area contributed by atoms with Crippen molar-refractivity contribution >= 4 is 33.9 Å². The van der Waals surface area contributed by atoms with E-state index in [-0.39, 0.29) is 11.6 Å². The van der Waals surface area contributed by atoms with Crippen molar-refractivity contribution in [2.24, 2.45) is 5.92 Å². The molecule has 3 rings (SSSR count). The molecule has 2 heterocycles. The second-order valence-electron chi connectivity index (χ2n) is 4.97. The van der Waals surface area contributed by atoms with Crippen LogP contribution in [0.15, 0.2) is 18.3 Å². The summed E-state index contributed by atoms with van der Waals surface area (Å²) in [5, 5.41) is 0.371. The number of aryl methyl sites for hydroxylation is 1. The summed E-state index contributed by atoms with van der Waals surface area (Å²) in [6, 6.07) is 3.16. The number of hydrogen-bond acceptors (Lipinski definition) is 7. The Bertz CT molecular complexity index is 708. The maximum absolute atomic E-state index is 12.6. The molecule has 0 spiro atoms. The summed E-state index contributed by atoms with van der Waals surface area (Å²) in [6.07, 6.45) is 3.35. The predicted octanol–water partition coefficient (Wildman–Crippen LogP) is 1.72. The zero-order chi connectivity index (χ0) is 15.0. The zero-order valence-corrected chi connectivity index (χ0v) is 12.0. The van der Waals surface area contributed by atoms with E-state index >= 15 is 0 Å². The first-order chi connectivity index (χ1) is 10.1. The molecule has 0 aliphatic heterocycles. The number of ketones is 2. The fraction of sp³-hybridized carbons (Fsp3) is 0.286. The molecule has 2 aromatic rings. The molecule has 108 valence electrons. The summed E-state index contributed by atoms with van der Waals surface area (Å²) in [5.41, 5.74) is 12.3. The number of Topliss-reactive ketones (excluding diaryl/α,β-unsaturated/α-hetero) is 2. The molecule has 6 nitrogen and oxygen atoms in total. The van der Waals surface area contributed by atoms with E-state index < -0.39 is 5.92 Å². The number of carbonyl (C=O) groups is 2. The van der Waals surface area contributed by atoms with Crippen LogP contribution in [0.1, 0.15) is 38.6 Å². The lowest BCUT2D eigenvalue weighted by molar-refractivity contribution is 0.0804. The number of anilines is 2. The summed E-state index contributed by atoms with van der Waals surface area (Å²) >= 11 is 1.16. The SMILES string of the molecule is Nc1ccc(C(=O)C2CCCc3nc(N)sc3C2=O)cn1. The lowest BCUT2D eigenvalue weighted by Gasteiger charge is -2.11. The highest BCUT2D eigenvalue weighted by Gasteiger charge is 2.33. The number of nitrogens with two attached hydrogens (primary N) is 2. The predicted molar refractivity (Wildman–Crippen MR) is 80.3 cm³/mol. The molecule has 0 aromatic carbocycles. The molecule has 1 aliphatic rings. The van der Waals surface area contributed by atoms with Gasteiger partial charge in [-0.2, -0.15) is 0 Å². The van der Waals surface area contributed by atoms with Gasteiger partial charge in [0, 0.05) is 11.8 Å². The maximum Gasteiger partial charge on any atom is 0.185 e. The molecule has 0 bridgehead atoms. The lowest BCUT2D eigenvalue weighted by atomic mass is 9.91. The Balaban J connectivity index is 1.93. The van der Waals surface area contributed by atoms with E-state index in [9.17, 15) is 9.59 Å². The Labute approximate surface area is 125 Å². The van der Waals surface area contributed by atoms with Crippen LogP contribution in [0.4, 0.5) is 10.9 Å². The minimum atomic E-state index is -0.684. The number of pyridine rings is 1. The summed E-state index contributed by atoms with van der Waals surface area (Å²) in [7, 11) is 0. The van der Waals surface area contributed by atoms with Gasteiger partial charge in [0.15, 0.2) is 16.7 Å². The molecule has 1 aliphatic carbocycles. The summed E-state index contributed by atoms with van der Waals surface area (Å²) < 4.78 is 0. The van der Waals surface area contributed by atoms with E-state index in [0.29, 0.717) is 39.9 Å². The van der Waals surface area contributed by atoms with Gasteiger partial charge in [-0.1, -0.05) is 11.3 Å². The topological polar surface area (TPSA) is 112 Å². The third-order valence-corrected chi connectivity index (χ3v) is 4.49. The quantitative estimate of drug-likeness (QED) is 0.496. The molecule has 4 N–H and O–H groups in total. The highest BCUT2D eigenvalue weighted by Crippen LogP contribution is 2.31. The van der Waals surface area contributed by atoms with Crippen LogP contribution in [0.25, 0.3) is 0 Å². The van der Waals surface area contributed by atoms with E-state index in [4.69, 9.17) is 11.5 Å². The number of hydrogen-bond donors (Lipinski definition) is 2. The van der Waals surface area contributed by atoms with E-state index in [1.807, 2.05) is 0 Å². The zero-order valence-electron chi connectivity index (χ0n) is 11.2. The van der Waals surface area contributed by atoms with Crippen molar-refractivity contribution in [3.05, 3.63) is 34.5 Å². The minimum Gasteiger partial charge on any atom is -0.384 e. The Morgan fingerprint density at radius 3 is 2.86 bits per heavy atom. The van der Waals surface area contributed by atoms with Crippen LogP contribution in [0.5, 0.6) is 0 Å². The van der Waals surface area contributed by atoms with E-state index in [1.54, 1.807) is 12.1 Å². The van der Waals surface area contributed by atoms with Crippen LogP contribution in [-0.2, 0) is 6.42 Å². The minimum absolute atomic E-state index is 0.182. The van der Waals surface area contributed by atoms with Gasteiger partial charge in [0.05, 0.1) is 16.5 Å². The molecule has 1 atom stereocenters. The monoisotopic (exact) mass is 302 g/mol. The number of rotatable bonds is 2. The highest BCUT2D eigenvalue weighted by atomic mass is 32.1. The van der Waals surface area contributed by atoms with Gasteiger partial charge in [-0.15, -0.1) is 0 Å². The smallest absolute Gasteiger partial charge is 0.185 e. The van der Waals surface area contributed by atoms with E-state index in [0.717, 1.165) is 17.8 Å². The van der Waals surface area contributed by atoms with Crippen molar-refractivity contribution < 1.29 is 9.59 Å². The molecular weight excluding hydrogens is 288 g/mol. The first kappa shape index (κ1) is 13.7. The molecule has 2 aromatic heterocycles. The Kier molecular flexibility index (Phi) is 3.42. The van der Waals surface area contributed by atoms with Crippen LogP contribution >= 0.6 is 11.3 Å². The number of nitrogen functional groups attached to an aromatic ring is 2. The summed E-state index contributed by atoms with van der Waals surface area (Å²) in [6.45, 7) is 0. The van der Waals surface area contributed by atoms with E-state index in [2.05, 4.69) is 9.97 Å². The number of nitrogens with zero attached hydrogens (tertiary/aromatic N) is 2. The third kappa shape index (κ3) is 2.52. The normalized spacial score (nSPS) is 18.1. The summed E-state index contributed by atoms with van der Waals surface area (Å²) in [4.78, 5) is 33.7. The molecule has 0 radical (unpaired) electrons. The van der Waals surface area contributed by atoms with Gasteiger partial charge in [-0.25, -0.2) is 9.97 Å². The Morgan fingerprint density at radius 2 is 2.14 bits per heavy atom. The molecule has 0 saturated heterocycles. The Hall–Kier alpha value is -2.28. The molecule has 0 saturated carbocycles. The second kappa shape index (κ2) is 5.25. The number of fused-ring (bicyclic) bond motifs is 1. The van der Waals surface area contributed by atoms with Crippen LogP contribution in [0.3, 0.4) is 0 Å². The summed E-state index contributed by atoms with van der Waals surface area (Å²) in [5.74, 6) is -0.737. The van der Waals surface area contributed by atoms with Gasteiger partial charge in [-0.05, 0) is 31.4 Å².